The van der Waals surface area contributed by atoms with Gasteiger partial charge in [0, 0.05) is 12.0 Å². The molecule has 1 aliphatic heterocycles. The van der Waals surface area contributed by atoms with Crippen molar-refractivity contribution in [3.63, 3.8) is 0 Å². The van der Waals surface area contributed by atoms with E-state index in [2.05, 4.69) is 15.3 Å². The quantitative estimate of drug-likeness (QED) is 0.884. The molecule has 0 fully saturated rings. The molecule has 2 aromatic rings. The molecule has 1 aromatic heterocycles. The van der Waals surface area contributed by atoms with E-state index >= 15 is 0 Å². The Morgan fingerprint density at radius 2 is 2.11 bits per heavy atom. The molecular weight excluding hydrogens is 242 g/mol. The average molecular weight is 259 g/mol. The Hall–Kier alpha value is -2.01. The van der Waals surface area contributed by atoms with Crippen LogP contribution >= 0.6 is 0 Å². The van der Waals surface area contributed by atoms with Crippen LogP contribution in [-0.2, 0) is 6.54 Å². The Morgan fingerprint density at radius 3 is 2.95 bits per heavy atom. The van der Waals surface area contributed by atoms with Gasteiger partial charge in [0.25, 0.3) is 0 Å². The molecule has 0 amide bonds. The van der Waals surface area contributed by atoms with Crippen LogP contribution in [0.4, 0.5) is 0 Å². The Labute approximate surface area is 112 Å². The smallest absolute Gasteiger partial charge is 0.161 e. The molecule has 0 spiro atoms. The van der Waals surface area contributed by atoms with E-state index in [1.54, 1.807) is 0 Å². The SMILES string of the molecule is CNCc1ncc(-c2ccc3c(c2)OCCCO3)[nH]1. The molecule has 0 radical (unpaired) electrons. The third-order valence-electron chi connectivity index (χ3n) is 3.03. The highest BCUT2D eigenvalue weighted by Gasteiger charge is 2.12. The maximum Gasteiger partial charge on any atom is 0.161 e. The molecule has 5 heteroatoms. The fourth-order valence-corrected chi connectivity index (χ4v) is 2.10. The first-order valence-corrected chi connectivity index (χ1v) is 6.45. The van der Waals surface area contributed by atoms with Crippen molar-refractivity contribution in [1.82, 2.24) is 15.3 Å². The second kappa shape index (κ2) is 5.32. The minimum atomic E-state index is 0.699. The van der Waals surface area contributed by atoms with E-state index in [9.17, 15) is 0 Å². The number of nitrogens with one attached hydrogen (secondary N) is 2. The third-order valence-corrected chi connectivity index (χ3v) is 3.03. The highest BCUT2D eigenvalue weighted by Crippen LogP contribution is 2.33. The van der Waals surface area contributed by atoms with Crippen molar-refractivity contribution in [2.24, 2.45) is 0 Å². The number of aromatic amines is 1. The number of rotatable bonds is 3. The van der Waals surface area contributed by atoms with Gasteiger partial charge < -0.3 is 19.8 Å². The van der Waals surface area contributed by atoms with Gasteiger partial charge in [-0.1, -0.05) is 0 Å². The van der Waals surface area contributed by atoms with Crippen LogP contribution in [0.1, 0.15) is 12.2 Å². The van der Waals surface area contributed by atoms with Crippen molar-refractivity contribution in [1.29, 1.82) is 0 Å². The van der Waals surface area contributed by atoms with E-state index < -0.39 is 0 Å². The van der Waals surface area contributed by atoms with Gasteiger partial charge in [-0.2, -0.15) is 0 Å². The maximum atomic E-state index is 5.69. The van der Waals surface area contributed by atoms with Gasteiger partial charge in [-0.25, -0.2) is 4.98 Å². The van der Waals surface area contributed by atoms with Crippen LogP contribution in [0.5, 0.6) is 11.5 Å². The number of benzene rings is 1. The maximum absolute atomic E-state index is 5.69. The van der Waals surface area contributed by atoms with Crippen molar-refractivity contribution in [2.75, 3.05) is 20.3 Å². The molecule has 1 aromatic carbocycles. The number of nitrogens with zero attached hydrogens (tertiary/aromatic N) is 1. The molecule has 0 saturated heterocycles. The second-order valence-electron chi connectivity index (χ2n) is 4.49. The van der Waals surface area contributed by atoms with Gasteiger partial charge in [0.1, 0.15) is 5.82 Å². The van der Waals surface area contributed by atoms with Crippen LogP contribution in [0, 0.1) is 0 Å². The van der Waals surface area contributed by atoms with E-state index in [4.69, 9.17) is 9.47 Å². The van der Waals surface area contributed by atoms with E-state index in [1.165, 1.54) is 0 Å². The first kappa shape index (κ1) is 12.0. The number of fused-ring (bicyclic) bond motifs is 1. The molecule has 3 rings (SSSR count). The van der Waals surface area contributed by atoms with E-state index in [1.807, 2.05) is 31.4 Å². The normalized spacial score (nSPS) is 14.2. The lowest BCUT2D eigenvalue weighted by Gasteiger charge is -2.08. The van der Waals surface area contributed by atoms with Crippen molar-refractivity contribution >= 4 is 0 Å². The number of aromatic nitrogens is 2. The van der Waals surface area contributed by atoms with Gasteiger partial charge in [0.15, 0.2) is 11.5 Å². The molecule has 100 valence electrons. The van der Waals surface area contributed by atoms with Crippen molar-refractivity contribution in [3.8, 4) is 22.8 Å². The monoisotopic (exact) mass is 259 g/mol. The van der Waals surface area contributed by atoms with E-state index in [0.717, 1.165) is 41.5 Å². The largest absolute Gasteiger partial charge is 0.490 e. The summed E-state index contributed by atoms with van der Waals surface area (Å²) in [6, 6.07) is 5.97. The molecule has 1 aliphatic rings. The summed E-state index contributed by atoms with van der Waals surface area (Å²) in [6.07, 6.45) is 2.76. The number of imidazole rings is 1. The zero-order chi connectivity index (χ0) is 13.1. The molecule has 0 saturated carbocycles. The summed E-state index contributed by atoms with van der Waals surface area (Å²) < 4.78 is 11.3. The van der Waals surface area contributed by atoms with E-state index in [0.29, 0.717) is 13.2 Å². The average Bonchev–Trinajstić information content (AvgIpc) is 2.76. The fourth-order valence-electron chi connectivity index (χ4n) is 2.10. The van der Waals surface area contributed by atoms with Crippen LogP contribution in [-0.4, -0.2) is 30.2 Å². The van der Waals surface area contributed by atoms with Crippen molar-refractivity contribution in [3.05, 3.63) is 30.2 Å². The lowest BCUT2D eigenvalue weighted by molar-refractivity contribution is 0.297. The van der Waals surface area contributed by atoms with Gasteiger partial charge in [0.2, 0.25) is 0 Å². The minimum absolute atomic E-state index is 0.699. The highest BCUT2D eigenvalue weighted by atomic mass is 16.5. The van der Waals surface area contributed by atoms with Gasteiger partial charge in [-0.3, -0.25) is 0 Å². The Bertz CT molecular complexity index is 566. The van der Waals surface area contributed by atoms with Crippen LogP contribution < -0.4 is 14.8 Å². The first-order chi connectivity index (χ1) is 9.36. The van der Waals surface area contributed by atoms with Crippen LogP contribution in [0.25, 0.3) is 11.3 Å². The first-order valence-electron chi connectivity index (χ1n) is 6.45. The lowest BCUT2D eigenvalue weighted by atomic mass is 10.1. The summed E-state index contributed by atoms with van der Waals surface area (Å²) in [4.78, 5) is 7.61. The predicted molar refractivity (Wildman–Crippen MR) is 72.4 cm³/mol. The van der Waals surface area contributed by atoms with Gasteiger partial charge in [-0.15, -0.1) is 0 Å². The molecule has 0 aliphatic carbocycles. The molecule has 0 unspecified atom stereocenters. The Kier molecular flexibility index (Phi) is 3.37. The predicted octanol–water partition coefficient (Wildman–Crippen LogP) is 1.96. The molecule has 2 heterocycles. The Morgan fingerprint density at radius 1 is 1.26 bits per heavy atom. The van der Waals surface area contributed by atoms with Crippen LogP contribution in [0.2, 0.25) is 0 Å². The van der Waals surface area contributed by atoms with E-state index in [-0.39, 0.29) is 0 Å². The third kappa shape index (κ3) is 2.56. The number of hydrogen-bond acceptors (Lipinski definition) is 4. The molecular formula is C14H17N3O2. The highest BCUT2D eigenvalue weighted by molar-refractivity contribution is 5.63. The molecule has 0 bridgehead atoms. The van der Waals surface area contributed by atoms with Crippen LogP contribution in [0.3, 0.4) is 0 Å². The summed E-state index contributed by atoms with van der Waals surface area (Å²) in [5, 5.41) is 3.07. The topological polar surface area (TPSA) is 59.2 Å². The summed E-state index contributed by atoms with van der Waals surface area (Å²) in [6.45, 7) is 2.14. The van der Waals surface area contributed by atoms with Gasteiger partial charge in [-0.05, 0) is 25.2 Å². The summed E-state index contributed by atoms with van der Waals surface area (Å²) in [5.41, 5.74) is 2.04. The zero-order valence-corrected chi connectivity index (χ0v) is 10.9. The van der Waals surface area contributed by atoms with Crippen molar-refractivity contribution in [2.45, 2.75) is 13.0 Å². The lowest BCUT2D eigenvalue weighted by Crippen LogP contribution is -2.06. The summed E-state index contributed by atoms with van der Waals surface area (Å²) in [5.74, 6) is 2.54. The second-order valence-corrected chi connectivity index (χ2v) is 4.49. The Balaban J connectivity index is 1.89. The number of ether oxygens (including phenoxy) is 2. The molecule has 2 N–H and O–H groups in total. The number of hydrogen-bond donors (Lipinski definition) is 2. The summed E-state index contributed by atoms with van der Waals surface area (Å²) in [7, 11) is 1.90. The standard InChI is InChI=1S/C14H17N3O2/c1-15-9-14-16-8-11(17-14)10-3-4-12-13(7-10)19-6-2-5-18-12/h3-4,7-8,15H,2,5-6,9H2,1H3,(H,16,17). The van der Waals surface area contributed by atoms with Gasteiger partial charge >= 0.3 is 0 Å². The molecule has 19 heavy (non-hydrogen) atoms. The minimum Gasteiger partial charge on any atom is -0.490 e. The molecule has 5 nitrogen and oxygen atoms in total. The van der Waals surface area contributed by atoms with Crippen LogP contribution in [0.15, 0.2) is 24.4 Å². The van der Waals surface area contributed by atoms with Crippen molar-refractivity contribution < 1.29 is 9.47 Å². The van der Waals surface area contributed by atoms with Gasteiger partial charge in [0.05, 0.1) is 31.6 Å². The fraction of sp³-hybridized carbons (Fsp3) is 0.357. The molecule has 0 atom stereocenters. The number of H-pyrrole nitrogens is 1. The summed E-state index contributed by atoms with van der Waals surface area (Å²) >= 11 is 0. The zero-order valence-electron chi connectivity index (χ0n) is 10.9.